The molecule has 1 aliphatic heterocycles. The maximum absolute atomic E-state index is 12.9. The number of carbonyl (C=O) groups excluding carboxylic acids is 2. The summed E-state index contributed by atoms with van der Waals surface area (Å²) < 4.78 is 0. The molecule has 2 amide bonds. The van der Waals surface area contributed by atoms with Gasteiger partial charge in [0.25, 0.3) is 11.6 Å². The van der Waals surface area contributed by atoms with Crippen molar-refractivity contribution in [1.82, 2.24) is 4.90 Å². The van der Waals surface area contributed by atoms with Crippen molar-refractivity contribution < 1.29 is 14.5 Å². The number of fused-ring (bicyclic) bond motifs is 1. The van der Waals surface area contributed by atoms with Crippen molar-refractivity contribution >= 4 is 23.2 Å². The molecule has 7 nitrogen and oxygen atoms in total. The van der Waals surface area contributed by atoms with Gasteiger partial charge in [-0.2, -0.15) is 0 Å². The van der Waals surface area contributed by atoms with Gasteiger partial charge in [-0.25, -0.2) is 0 Å². The van der Waals surface area contributed by atoms with Crippen LogP contribution in [0.4, 0.5) is 11.4 Å². The van der Waals surface area contributed by atoms with Gasteiger partial charge in [0.15, 0.2) is 0 Å². The van der Waals surface area contributed by atoms with Gasteiger partial charge in [0.05, 0.1) is 11.3 Å². The Morgan fingerprint density at radius 3 is 2.46 bits per heavy atom. The molecule has 24 heavy (non-hydrogen) atoms. The Kier molecular flexibility index (Phi) is 3.99. The molecular formula is C17H15N3O4. The number of likely N-dealkylation sites (N-methyl/N-ethyl adjacent to an activating group) is 1. The fourth-order valence-corrected chi connectivity index (χ4v) is 2.64. The summed E-state index contributed by atoms with van der Waals surface area (Å²) in [4.78, 5) is 38.2. The summed E-state index contributed by atoms with van der Waals surface area (Å²) in [5, 5.41) is 10.7. The molecule has 0 N–H and O–H groups in total. The molecule has 122 valence electrons. The van der Waals surface area contributed by atoms with Gasteiger partial charge in [-0.15, -0.1) is 0 Å². The average molecular weight is 325 g/mol. The predicted molar refractivity (Wildman–Crippen MR) is 87.7 cm³/mol. The average Bonchev–Trinajstić information content (AvgIpc) is 2.71. The number of nitro benzene ring substituents is 1. The highest BCUT2D eigenvalue weighted by molar-refractivity contribution is 6.07. The molecule has 0 saturated carbocycles. The zero-order valence-electron chi connectivity index (χ0n) is 13.0. The second-order valence-corrected chi connectivity index (χ2v) is 5.58. The zero-order chi connectivity index (χ0) is 17.3. The van der Waals surface area contributed by atoms with E-state index in [4.69, 9.17) is 0 Å². The monoisotopic (exact) mass is 325 g/mol. The Morgan fingerprint density at radius 2 is 1.79 bits per heavy atom. The molecule has 0 unspecified atom stereocenters. The van der Waals surface area contributed by atoms with E-state index >= 15 is 0 Å². The highest BCUT2D eigenvalue weighted by atomic mass is 16.6. The number of nitrogens with zero attached hydrogens (tertiary/aromatic N) is 3. The van der Waals surface area contributed by atoms with E-state index in [1.54, 1.807) is 13.1 Å². The maximum atomic E-state index is 12.9. The van der Waals surface area contributed by atoms with Crippen molar-refractivity contribution in [2.24, 2.45) is 0 Å². The number of carbonyl (C=O) groups is 2. The van der Waals surface area contributed by atoms with E-state index in [1.165, 1.54) is 34.1 Å². The van der Waals surface area contributed by atoms with E-state index < -0.39 is 4.92 Å². The second-order valence-electron chi connectivity index (χ2n) is 5.58. The topological polar surface area (TPSA) is 83.8 Å². The molecule has 0 bridgehead atoms. The van der Waals surface area contributed by atoms with Gasteiger partial charge in [-0.1, -0.05) is 18.2 Å². The van der Waals surface area contributed by atoms with Crippen LogP contribution in [0.3, 0.4) is 0 Å². The number of amides is 2. The van der Waals surface area contributed by atoms with Crippen LogP contribution in [-0.4, -0.2) is 35.4 Å². The summed E-state index contributed by atoms with van der Waals surface area (Å²) in [5.41, 5.74) is 1.72. The molecule has 3 rings (SSSR count). The van der Waals surface area contributed by atoms with E-state index in [0.717, 1.165) is 5.56 Å². The number of hydrogen-bond acceptors (Lipinski definition) is 4. The van der Waals surface area contributed by atoms with E-state index in [-0.39, 0.29) is 30.6 Å². The number of hydrogen-bond donors (Lipinski definition) is 0. The molecule has 0 radical (unpaired) electrons. The smallest absolute Gasteiger partial charge is 0.269 e. The van der Waals surface area contributed by atoms with E-state index in [2.05, 4.69) is 0 Å². The normalized spacial score (nSPS) is 14.1. The molecule has 0 fully saturated rings. The van der Waals surface area contributed by atoms with Crippen LogP contribution in [0.15, 0.2) is 48.5 Å². The summed E-state index contributed by atoms with van der Waals surface area (Å²) in [6.07, 6.45) is 0.233. The van der Waals surface area contributed by atoms with Crippen molar-refractivity contribution in [1.29, 1.82) is 0 Å². The predicted octanol–water partition coefficient (Wildman–Crippen LogP) is 2.21. The minimum absolute atomic E-state index is 0.0681. The highest BCUT2D eigenvalue weighted by Crippen LogP contribution is 2.26. The lowest BCUT2D eigenvalue weighted by Gasteiger charge is -2.26. The van der Waals surface area contributed by atoms with Crippen LogP contribution in [0.25, 0.3) is 0 Å². The Bertz CT molecular complexity index is 817. The van der Waals surface area contributed by atoms with Crippen LogP contribution in [0.2, 0.25) is 0 Å². The lowest BCUT2D eigenvalue weighted by atomic mass is 10.1. The molecule has 1 heterocycles. The number of benzene rings is 2. The van der Waals surface area contributed by atoms with E-state index in [0.29, 0.717) is 11.3 Å². The summed E-state index contributed by atoms with van der Waals surface area (Å²) in [7, 11) is 1.64. The minimum atomic E-state index is -0.512. The van der Waals surface area contributed by atoms with Gasteiger partial charge >= 0.3 is 0 Å². The number of anilines is 1. The molecule has 0 spiro atoms. The minimum Gasteiger partial charge on any atom is -0.327 e. The van der Waals surface area contributed by atoms with Gasteiger partial charge in [0, 0.05) is 30.4 Å². The highest BCUT2D eigenvalue weighted by Gasteiger charge is 2.27. The van der Waals surface area contributed by atoms with Crippen LogP contribution in [0.5, 0.6) is 0 Å². The quantitative estimate of drug-likeness (QED) is 0.626. The molecule has 0 aliphatic carbocycles. The third kappa shape index (κ3) is 2.83. The molecule has 0 atom stereocenters. The number of para-hydroxylation sites is 1. The van der Waals surface area contributed by atoms with Crippen LogP contribution >= 0.6 is 0 Å². The number of rotatable bonds is 2. The first-order chi connectivity index (χ1) is 11.5. The van der Waals surface area contributed by atoms with Crippen molar-refractivity contribution in [2.75, 3.05) is 18.6 Å². The van der Waals surface area contributed by atoms with Gasteiger partial charge < -0.3 is 4.90 Å². The van der Waals surface area contributed by atoms with Gasteiger partial charge in [-0.3, -0.25) is 24.6 Å². The largest absolute Gasteiger partial charge is 0.327 e. The third-order valence-electron chi connectivity index (χ3n) is 3.97. The zero-order valence-corrected chi connectivity index (χ0v) is 13.0. The third-order valence-corrected chi connectivity index (χ3v) is 3.97. The van der Waals surface area contributed by atoms with E-state index in [1.807, 2.05) is 18.2 Å². The van der Waals surface area contributed by atoms with Crippen LogP contribution in [0.1, 0.15) is 15.9 Å². The van der Waals surface area contributed by atoms with Crippen LogP contribution in [-0.2, 0) is 11.2 Å². The molecule has 2 aromatic carbocycles. The van der Waals surface area contributed by atoms with Crippen molar-refractivity contribution in [3.05, 3.63) is 69.8 Å². The molecule has 1 aliphatic rings. The number of non-ortho nitro benzene ring substituents is 1. The molecule has 0 saturated heterocycles. The second kappa shape index (κ2) is 6.11. The molecule has 2 aromatic rings. The Hall–Kier alpha value is -3.22. The first-order valence-corrected chi connectivity index (χ1v) is 7.35. The fraction of sp³-hybridized carbons (Fsp3) is 0.176. The summed E-state index contributed by atoms with van der Waals surface area (Å²) >= 11 is 0. The van der Waals surface area contributed by atoms with Gasteiger partial charge in [0.2, 0.25) is 5.91 Å². The van der Waals surface area contributed by atoms with E-state index in [9.17, 15) is 19.7 Å². The first kappa shape index (κ1) is 15.7. The fourth-order valence-electron chi connectivity index (χ4n) is 2.64. The summed E-state index contributed by atoms with van der Waals surface area (Å²) in [6, 6.07) is 12.7. The first-order valence-electron chi connectivity index (χ1n) is 7.35. The standard InChI is InChI=1S/C17H15N3O4/c1-18-11-19(15-5-3-2-4-13(15)10-16(18)21)17(22)12-6-8-14(9-7-12)20(23)24/h2-9H,10-11H2,1H3. The molecular weight excluding hydrogens is 310 g/mol. The summed E-state index contributed by atoms with van der Waals surface area (Å²) in [5.74, 6) is -0.375. The van der Waals surface area contributed by atoms with Gasteiger partial charge in [0.1, 0.15) is 6.67 Å². The lowest BCUT2D eigenvalue weighted by Crippen LogP contribution is -2.41. The Balaban J connectivity index is 1.98. The van der Waals surface area contributed by atoms with Crippen molar-refractivity contribution in [3.8, 4) is 0 Å². The Morgan fingerprint density at radius 1 is 1.12 bits per heavy atom. The summed E-state index contributed by atoms with van der Waals surface area (Å²) in [6.45, 7) is 0.131. The Labute approximate surface area is 138 Å². The van der Waals surface area contributed by atoms with Crippen LogP contribution in [0, 0.1) is 10.1 Å². The maximum Gasteiger partial charge on any atom is 0.269 e. The van der Waals surface area contributed by atoms with Crippen molar-refractivity contribution in [2.45, 2.75) is 6.42 Å². The van der Waals surface area contributed by atoms with Crippen LogP contribution < -0.4 is 4.90 Å². The SMILES string of the molecule is CN1CN(C(=O)c2ccc([N+](=O)[O-])cc2)c2ccccc2CC1=O. The van der Waals surface area contributed by atoms with Gasteiger partial charge in [-0.05, 0) is 23.8 Å². The number of nitro groups is 1. The lowest BCUT2D eigenvalue weighted by molar-refractivity contribution is -0.384. The molecule has 0 aromatic heterocycles. The van der Waals surface area contributed by atoms with Crippen molar-refractivity contribution in [3.63, 3.8) is 0 Å². The molecule has 7 heteroatoms.